The molecule has 0 bridgehead atoms. The maximum atomic E-state index is 13.1. The van der Waals surface area contributed by atoms with E-state index in [0.717, 1.165) is 25.3 Å². The van der Waals surface area contributed by atoms with Gasteiger partial charge in [0.1, 0.15) is 5.82 Å². The molecule has 1 fully saturated rings. The lowest BCUT2D eigenvalue weighted by Gasteiger charge is -2.24. The second kappa shape index (κ2) is 7.24. The zero-order chi connectivity index (χ0) is 16.1. The average Bonchev–Trinajstić information content (AvgIpc) is 2.71. The fourth-order valence-electron chi connectivity index (χ4n) is 2.90. The van der Waals surface area contributed by atoms with Crippen LogP contribution in [0.15, 0.2) is 18.2 Å². The van der Waals surface area contributed by atoms with Gasteiger partial charge in [0.25, 0.3) is 5.91 Å². The Labute approximate surface area is 129 Å². The van der Waals surface area contributed by atoms with Gasteiger partial charge >= 0.3 is 5.97 Å². The van der Waals surface area contributed by atoms with Gasteiger partial charge in [-0.15, -0.1) is 0 Å². The van der Waals surface area contributed by atoms with Crippen LogP contribution in [0.3, 0.4) is 0 Å². The van der Waals surface area contributed by atoms with Gasteiger partial charge in [-0.05, 0) is 31.0 Å². The fourth-order valence-corrected chi connectivity index (χ4v) is 2.90. The van der Waals surface area contributed by atoms with Crippen molar-refractivity contribution in [1.82, 2.24) is 5.32 Å². The van der Waals surface area contributed by atoms with E-state index in [0.29, 0.717) is 12.8 Å². The number of nitrogens with one attached hydrogen (secondary N) is 1. The minimum atomic E-state index is -0.490. The Morgan fingerprint density at radius 3 is 2.68 bits per heavy atom. The molecule has 0 heterocycles. The van der Waals surface area contributed by atoms with Crippen molar-refractivity contribution in [3.05, 3.63) is 29.6 Å². The number of carbonyl (C=O) groups excluding carboxylic acids is 2. The number of nitrogen functional groups attached to an aromatic ring is 1. The first-order valence-corrected chi connectivity index (χ1v) is 7.46. The highest BCUT2D eigenvalue weighted by Crippen LogP contribution is 2.25. The number of hydrogen-bond donors (Lipinski definition) is 2. The first kappa shape index (κ1) is 16.3. The third-order valence-corrected chi connectivity index (χ3v) is 4.09. The van der Waals surface area contributed by atoms with Crippen molar-refractivity contribution in [2.75, 3.05) is 12.8 Å². The quantitative estimate of drug-likeness (QED) is 0.510. The number of rotatable bonds is 3. The summed E-state index contributed by atoms with van der Waals surface area (Å²) in [5, 5.41) is 2.86. The molecule has 0 saturated heterocycles. The molecule has 0 spiro atoms. The molecule has 1 aliphatic rings. The second-order valence-electron chi connectivity index (χ2n) is 5.58. The summed E-state index contributed by atoms with van der Waals surface area (Å²) in [6.45, 7) is 0. The monoisotopic (exact) mass is 308 g/mol. The molecule has 1 aromatic carbocycles. The van der Waals surface area contributed by atoms with Crippen molar-refractivity contribution >= 4 is 17.6 Å². The van der Waals surface area contributed by atoms with Crippen molar-refractivity contribution < 1.29 is 18.7 Å². The van der Waals surface area contributed by atoms with Gasteiger partial charge in [-0.25, -0.2) is 4.39 Å². The molecule has 1 saturated carbocycles. The van der Waals surface area contributed by atoms with Gasteiger partial charge in [0, 0.05) is 11.7 Å². The number of halogens is 1. The van der Waals surface area contributed by atoms with E-state index in [2.05, 4.69) is 5.32 Å². The molecule has 3 N–H and O–H groups in total. The molecule has 1 amide bonds. The summed E-state index contributed by atoms with van der Waals surface area (Å²) in [6, 6.07) is 3.37. The zero-order valence-electron chi connectivity index (χ0n) is 12.6. The van der Waals surface area contributed by atoms with Crippen LogP contribution in [0.5, 0.6) is 0 Å². The van der Waals surface area contributed by atoms with Gasteiger partial charge in [-0.1, -0.05) is 19.3 Å². The normalized spacial score (nSPS) is 21.7. The summed E-state index contributed by atoms with van der Waals surface area (Å²) in [7, 11) is 1.35. The molecule has 2 atom stereocenters. The molecule has 22 heavy (non-hydrogen) atoms. The molecular weight excluding hydrogens is 287 g/mol. The van der Waals surface area contributed by atoms with Crippen LogP contribution in [0.1, 0.15) is 42.5 Å². The van der Waals surface area contributed by atoms with Crippen molar-refractivity contribution in [2.24, 2.45) is 5.92 Å². The molecule has 2 rings (SSSR count). The summed E-state index contributed by atoms with van der Waals surface area (Å²) >= 11 is 0. The molecule has 120 valence electrons. The minimum Gasteiger partial charge on any atom is -0.469 e. The highest BCUT2D eigenvalue weighted by atomic mass is 19.1. The van der Waals surface area contributed by atoms with Gasteiger partial charge in [-0.3, -0.25) is 9.59 Å². The number of anilines is 1. The zero-order valence-corrected chi connectivity index (χ0v) is 12.6. The van der Waals surface area contributed by atoms with Crippen molar-refractivity contribution in [1.29, 1.82) is 0 Å². The molecule has 0 aromatic heterocycles. The van der Waals surface area contributed by atoms with Crippen LogP contribution in [-0.2, 0) is 9.53 Å². The van der Waals surface area contributed by atoms with Gasteiger partial charge in [-0.2, -0.15) is 0 Å². The SMILES string of the molecule is COC(=O)C1CCCCCC1NC(=O)c1ccc(F)cc1N. The van der Waals surface area contributed by atoms with E-state index in [4.69, 9.17) is 10.5 Å². The highest BCUT2D eigenvalue weighted by Gasteiger charge is 2.32. The molecule has 6 heteroatoms. The Kier molecular flexibility index (Phi) is 5.35. The number of methoxy groups -OCH3 is 1. The van der Waals surface area contributed by atoms with E-state index in [9.17, 15) is 14.0 Å². The Bertz CT molecular complexity index is 562. The number of ether oxygens (including phenoxy) is 1. The van der Waals surface area contributed by atoms with Crippen LogP contribution in [0.2, 0.25) is 0 Å². The number of esters is 1. The number of hydrogen-bond acceptors (Lipinski definition) is 4. The summed E-state index contributed by atoms with van der Waals surface area (Å²) in [5.74, 6) is -1.54. The van der Waals surface area contributed by atoms with Crippen LogP contribution in [-0.4, -0.2) is 25.0 Å². The van der Waals surface area contributed by atoms with Crippen molar-refractivity contribution in [3.8, 4) is 0 Å². The second-order valence-corrected chi connectivity index (χ2v) is 5.58. The molecule has 5 nitrogen and oxygen atoms in total. The van der Waals surface area contributed by atoms with Crippen molar-refractivity contribution in [3.63, 3.8) is 0 Å². The Balaban J connectivity index is 2.14. The highest BCUT2D eigenvalue weighted by molar-refractivity contribution is 5.99. The molecule has 1 aliphatic carbocycles. The number of amides is 1. The van der Waals surface area contributed by atoms with Crippen LogP contribution in [0, 0.1) is 11.7 Å². The molecule has 1 aromatic rings. The van der Waals surface area contributed by atoms with E-state index in [1.807, 2.05) is 0 Å². The molecule has 2 unspecified atom stereocenters. The number of carbonyl (C=O) groups is 2. The van der Waals surface area contributed by atoms with Gasteiger partial charge < -0.3 is 15.8 Å². The average molecular weight is 308 g/mol. The van der Waals surface area contributed by atoms with Crippen molar-refractivity contribution in [2.45, 2.75) is 38.1 Å². The lowest BCUT2D eigenvalue weighted by atomic mass is 9.94. The Hall–Kier alpha value is -2.11. The van der Waals surface area contributed by atoms with Crippen LogP contribution in [0.25, 0.3) is 0 Å². The Morgan fingerprint density at radius 2 is 2.00 bits per heavy atom. The van der Waals surface area contributed by atoms with E-state index < -0.39 is 11.7 Å². The predicted molar refractivity (Wildman–Crippen MR) is 80.7 cm³/mol. The van der Waals surface area contributed by atoms with Crippen LogP contribution >= 0.6 is 0 Å². The lowest BCUT2D eigenvalue weighted by molar-refractivity contribution is -0.146. The van der Waals surface area contributed by atoms with E-state index in [1.54, 1.807) is 0 Å². The maximum absolute atomic E-state index is 13.1. The summed E-state index contributed by atoms with van der Waals surface area (Å²) in [4.78, 5) is 24.3. The summed E-state index contributed by atoms with van der Waals surface area (Å²) in [5.41, 5.74) is 5.99. The minimum absolute atomic E-state index is 0.0840. The van der Waals surface area contributed by atoms with Gasteiger partial charge in [0.15, 0.2) is 0 Å². The van der Waals surface area contributed by atoms with Gasteiger partial charge in [0.2, 0.25) is 0 Å². The largest absolute Gasteiger partial charge is 0.469 e. The van der Waals surface area contributed by atoms with Gasteiger partial charge in [0.05, 0.1) is 18.6 Å². The van der Waals surface area contributed by atoms with E-state index in [-0.39, 0.29) is 29.2 Å². The standard InChI is InChI=1S/C16H21FN2O3/c1-22-16(21)12-5-3-2-4-6-14(12)19-15(20)11-8-7-10(17)9-13(11)18/h7-9,12,14H,2-6,18H2,1H3,(H,19,20). The lowest BCUT2D eigenvalue weighted by Crippen LogP contribution is -2.43. The fraction of sp³-hybridized carbons (Fsp3) is 0.500. The molecule has 0 aliphatic heterocycles. The molecular formula is C16H21FN2O3. The first-order chi connectivity index (χ1) is 10.5. The van der Waals surface area contributed by atoms with E-state index >= 15 is 0 Å². The number of benzene rings is 1. The first-order valence-electron chi connectivity index (χ1n) is 7.46. The van der Waals surface area contributed by atoms with Crippen LogP contribution < -0.4 is 11.1 Å². The number of nitrogens with two attached hydrogens (primary N) is 1. The maximum Gasteiger partial charge on any atom is 0.310 e. The smallest absolute Gasteiger partial charge is 0.310 e. The van der Waals surface area contributed by atoms with Crippen LogP contribution in [0.4, 0.5) is 10.1 Å². The molecule has 0 radical (unpaired) electrons. The predicted octanol–water partition coefficient (Wildman–Crippen LogP) is 2.26. The third kappa shape index (κ3) is 3.75. The Morgan fingerprint density at radius 1 is 1.27 bits per heavy atom. The van der Waals surface area contributed by atoms with E-state index in [1.165, 1.54) is 19.2 Å². The summed E-state index contributed by atoms with van der Waals surface area (Å²) < 4.78 is 17.9. The summed E-state index contributed by atoms with van der Waals surface area (Å²) in [6.07, 6.45) is 4.31. The third-order valence-electron chi connectivity index (χ3n) is 4.09. The topological polar surface area (TPSA) is 81.4 Å².